The maximum absolute atomic E-state index is 12.6. The summed E-state index contributed by atoms with van der Waals surface area (Å²) in [6.07, 6.45) is -4.47. The van der Waals surface area contributed by atoms with Gasteiger partial charge in [-0.3, -0.25) is 0 Å². The van der Waals surface area contributed by atoms with E-state index in [1.165, 1.54) is 60.9 Å². The van der Waals surface area contributed by atoms with Crippen LogP contribution in [0.3, 0.4) is 0 Å². The van der Waals surface area contributed by atoms with Crippen molar-refractivity contribution < 1.29 is 35.9 Å². The summed E-state index contributed by atoms with van der Waals surface area (Å²) in [5.74, 6) is -0.957. The van der Waals surface area contributed by atoms with E-state index in [1.54, 1.807) is 12.3 Å². The molecule has 2 aromatic carbocycles. The molecule has 0 bridgehead atoms. The molecule has 0 radical (unpaired) electrons. The molecule has 0 unspecified atom stereocenters. The number of methoxy groups -OCH3 is 1. The third-order valence-electron chi connectivity index (χ3n) is 4.48. The number of carbonyl (C=O) groups is 1. The lowest BCUT2D eigenvalue weighted by Crippen LogP contribution is -2.26. The van der Waals surface area contributed by atoms with Crippen LogP contribution in [0.15, 0.2) is 52.7 Å². The Labute approximate surface area is 192 Å². The highest BCUT2D eigenvalue weighted by molar-refractivity contribution is 7.89. The van der Waals surface area contributed by atoms with Crippen LogP contribution >= 0.6 is 11.3 Å². The number of sulfonamides is 1. The Morgan fingerprint density at radius 1 is 1.15 bits per heavy atom. The summed E-state index contributed by atoms with van der Waals surface area (Å²) < 4.78 is 72.9. The molecule has 3 aromatic rings. The van der Waals surface area contributed by atoms with E-state index in [9.17, 15) is 26.4 Å². The number of ether oxygens (including phenoxy) is 2. The molecule has 1 aromatic heterocycles. The van der Waals surface area contributed by atoms with Crippen molar-refractivity contribution in [2.45, 2.75) is 24.6 Å². The van der Waals surface area contributed by atoms with E-state index >= 15 is 0 Å². The lowest BCUT2D eigenvalue weighted by atomic mass is 10.1. The lowest BCUT2D eigenvalue weighted by molar-refractivity contribution is -0.274. The van der Waals surface area contributed by atoms with Gasteiger partial charge < -0.3 is 9.47 Å². The van der Waals surface area contributed by atoms with Crippen molar-refractivity contribution in [2.75, 3.05) is 13.7 Å². The van der Waals surface area contributed by atoms with E-state index < -0.39 is 22.4 Å². The number of nitrogens with one attached hydrogen (secondary N) is 1. The molecule has 176 valence electrons. The third-order valence-corrected chi connectivity index (χ3v) is 6.88. The predicted molar refractivity (Wildman–Crippen MR) is 116 cm³/mol. The molecule has 7 nitrogen and oxygen atoms in total. The van der Waals surface area contributed by atoms with E-state index in [-0.39, 0.29) is 22.8 Å². The molecular formula is C21H19F3N2O5S2. The number of thiazole rings is 1. The van der Waals surface area contributed by atoms with Crippen LogP contribution in [-0.2, 0) is 21.2 Å². The van der Waals surface area contributed by atoms with Gasteiger partial charge in [0.15, 0.2) is 0 Å². The van der Waals surface area contributed by atoms with Crippen LogP contribution in [0, 0.1) is 6.92 Å². The number of esters is 1. The first-order valence-electron chi connectivity index (χ1n) is 9.48. The van der Waals surface area contributed by atoms with Crippen molar-refractivity contribution in [1.29, 1.82) is 0 Å². The second-order valence-corrected chi connectivity index (χ2v) is 9.46. The maximum atomic E-state index is 12.6. The topological polar surface area (TPSA) is 94.6 Å². The summed E-state index contributed by atoms with van der Waals surface area (Å²) in [6.45, 7) is 1.73. The molecule has 0 saturated heterocycles. The number of benzene rings is 2. The number of halogens is 3. The number of hydrogen-bond donors (Lipinski definition) is 1. The van der Waals surface area contributed by atoms with Crippen LogP contribution in [0.2, 0.25) is 0 Å². The fourth-order valence-corrected chi connectivity index (χ4v) is 4.77. The standard InChI is InChI=1S/C21H19F3N2O5S2/c1-13-3-8-17(11-18(13)20(27)30-2)33(28,29)25-10-9-15-12-32-19(26-15)14-4-6-16(7-5-14)31-21(22,23)24/h3-8,11-12,25H,9-10H2,1-2H3. The molecule has 0 spiro atoms. The predicted octanol–water partition coefficient (Wildman–Crippen LogP) is 4.32. The highest BCUT2D eigenvalue weighted by Gasteiger charge is 2.31. The number of aryl methyl sites for hydroxylation is 1. The van der Waals surface area contributed by atoms with Crippen LogP contribution < -0.4 is 9.46 Å². The third kappa shape index (κ3) is 6.53. The van der Waals surface area contributed by atoms with Crippen LogP contribution in [0.5, 0.6) is 5.75 Å². The number of aromatic nitrogens is 1. The number of alkyl halides is 3. The molecule has 0 atom stereocenters. The van der Waals surface area contributed by atoms with Crippen molar-refractivity contribution in [2.24, 2.45) is 0 Å². The summed E-state index contributed by atoms with van der Waals surface area (Å²) in [5.41, 5.74) is 1.98. The van der Waals surface area contributed by atoms with E-state index in [4.69, 9.17) is 0 Å². The summed E-state index contributed by atoms with van der Waals surface area (Å²) in [6, 6.07) is 9.50. The molecule has 0 amide bonds. The minimum atomic E-state index is -4.76. The van der Waals surface area contributed by atoms with Crippen molar-refractivity contribution in [1.82, 2.24) is 9.71 Å². The smallest absolute Gasteiger partial charge is 0.465 e. The average molecular weight is 501 g/mol. The first-order valence-corrected chi connectivity index (χ1v) is 11.8. The van der Waals surface area contributed by atoms with Gasteiger partial charge in [-0.05, 0) is 48.9 Å². The Balaban J connectivity index is 1.62. The normalized spacial score (nSPS) is 11.9. The SMILES string of the molecule is COC(=O)c1cc(S(=O)(=O)NCCc2csc(-c3ccc(OC(F)(F)F)cc3)n2)ccc1C. The van der Waals surface area contributed by atoms with Gasteiger partial charge in [-0.15, -0.1) is 24.5 Å². The van der Waals surface area contributed by atoms with Crippen LogP contribution in [-0.4, -0.2) is 39.4 Å². The molecule has 0 aliphatic heterocycles. The van der Waals surface area contributed by atoms with Gasteiger partial charge in [-0.25, -0.2) is 22.9 Å². The zero-order valence-corrected chi connectivity index (χ0v) is 19.1. The van der Waals surface area contributed by atoms with Crippen molar-refractivity contribution in [3.05, 3.63) is 64.7 Å². The molecule has 0 saturated carbocycles. The second kappa shape index (κ2) is 9.89. The van der Waals surface area contributed by atoms with Crippen molar-refractivity contribution >= 4 is 27.3 Å². The Hall–Kier alpha value is -2.96. The van der Waals surface area contributed by atoms with Gasteiger partial charge in [0.25, 0.3) is 0 Å². The largest absolute Gasteiger partial charge is 0.573 e. The lowest BCUT2D eigenvalue weighted by Gasteiger charge is -2.09. The molecule has 33 heavy (non-hydrogen) atoms. The Morgan fingerprint density at radius 2 is 1.85 bits per heavy atom. The maximum Gasteiger partial charge on any atom is 0.573 e. The Bertz CT molecular complexity index is 1240. The number of nitrogens with zero attached hydrogens (tertiary/aromatic N) is 1. The summed E-state index contributed by atoms with van der Waals surface area (Å²) in [5, 5.41) is 2.32. The average Bonchev–Trinajstić information content (AvgIpc) is 3.21. The minimum Gasteiger partial charge on any atom is -0.465 e. The van der Waals surface area contributed by atoms with Gasteiger partial charge in [0.1, 0.15) is 10.8 Å². The van der Waals surface area contributed by atoms with Crippen molar-refractivity contribution in [3.63, 3.8) is 0 Å². The number of carbonyl (C=O) groups excluding carboxylic acids is 1. The number of rotatable bonds is 8. The van der Waals surface area contributed by atoms with E-state index in [0.717, 1.165) is 0 Å². The first-order chi connectivity index (χ1) is 15.5. The zero-order chi connectivity index (χ0) is 24.2. The van der Waals surface area contributed by atoms with Gasteiger partial charge in [-0.2, -0.15) is 0 Å². The van der Waals surface area contributed by atoms with Crippen LogP contribution in [0.25, 0.3) is 10.6 Å². The molecule has 12 heteroatoms. The van der Waals surface area contributed by atoms with Gasteiger partial charge in [-0.1, -0.05) is 6.07 Å². The number of hydrogen-bond acceptors (Lipinski definition) is 7. The monoisotopic (exact) mass is 500 g/mol. The second-order valence-electron chi connectivity index (χ2n) is 6.83. The first kappa shape index (κ1) is 24.7. The molecule has 1 N–H and O–H groups in total. The summed E-state index contributed by atoms with van der Waals surface area (Å²) in [4.78, 5) is 16.1. The molecule has 0 aliphatic rings. The molecular weight excluding hydrogens is 481 g/mol. The van der Waals surface area contributed by atoms with Gasteiger partial charge in [0.2, 0.25) is 10.0 Å². The quantitative estimate of drug-likeness (QED) is 0.463. The van der Waals surface area contributed by atoms with Gasteiger partial charge in [0, 0.05) is 23.9 Å². The Morgan fingerprint density at radius 3 is 2.48 bits per heavy atom. The minimum absolute atomic E-state index is 0.0608. The molecule has 1 heterocycles. The fourth-order valence-electron chi connectivity index (χ4n) is 2.85. The van der Waals surface area contributed by atoms with E-state index in [1.807, 2.05) is 0 Å². The highest BCUT2D eigenvalue weighted by atomic mass is 32.2. The van der Waals surface area contributed by atoms with Crippen molar-refractivity contribution in [3.8, 4) is 16.3 Å². The molecule has 0 aliphatic carbocycles. The van der Waals surface area contributed by atoms with Crippen LogP contribution in [0.4, 0.5) is 13.2 Å². The zero-order valence-electron chi connectivity index (χ0n) is 17.5. The van der Waals surface area contributed by atoms with Gasteiger partial charge >= 0.3 is 12.3 Å². The Kier molecular flexibility index (Phi) is 7.40. The van der Waals surface area contributed by atoms with E-state index in [0.29, 0.717) is 28.2 Å². The molecule has 0 fully saturated rings. The van der Waals surface area contributed by atoms with Crippen LogP contribution in [0.1, 0.15) is 21.6 Å². The van der Waals surface area contributed by atoms with Gasteiger partial charge in [0.05, 0.1) is 23.3 Å². The molecule has 3 rings (SSSR count). The fraction of sp³-hybridized carbons (Fsp3) is 0.238. The summed E-state index contributed by atoms with van der Waals surface area (Å²) in [7, 11) is -2.65. The van der Waals surface area contributed by atoms with E-state index in [2.05, 4.69) is 19.2 Å². The summed E-state index contributed by atoms with van der Waals surface area (Å²) >= 11 is 1.28. The highest BCUT2D eigenvalue weighted by Crippen LogP contribution is 2.28.